The van der Waals surface area contributed by atoms with Gasteiger partial charge in [0.15, 0.2) is 0 Å². The Bertz CT molecular complexity index is 294. The van der Waals surface area contributed by atoms with Gasteiger partial charge in [0.05, 0.1) is 6.04 Å². The van der Waals surface area contributed by atoms with Gasteiger partial charge in [0.25, 0.3) is 0 Å². The fourth-order valence-electron chi connectivity index (χ4n) is 1.78. The molecule has 0 aromatic heterocycles. The number of nitrogens with one attached hydrogen (secondary N) is 2. The number of nitrogens with zero attached hydrogens (tertiary/aromatic N) is 1. The maximum absolute atomic E-state index is 12.0. The highest BCUT2D eigenvalue weighted by molar-refractivity contribution is 5.81. The van der Waals surface area contributed by atoms with Crippen LogP contribution in [0, 0.1) is 0 Å². The summed E-state index contributed by atoms with van der Waals surface area (Å²) in [7, 11) is 0. The summed E-state index contributed by atoms with van der Waals surface area (Å²) in [5, 5.41) is 5.99. The van der Waals surface area contributed by atoms with E-state index in [1.165, 1.54) is 0 Å². The minimum Gasteiger partial charge on any atom is -0.351 e. The van der Waals surface area contributed by atoms with Crippen molar-refractivity contribution < 1.29 is 9.59 Å². The lowest BCUT2D eigenvalue weighted by Crippen LogP contribution is -2.46. The molecule has 2 amide bonds. The molecule has 1 atom stereocenters. The summed E-state index contributed by atoms with van der Waals surface area (Å²) in [6.45, 7) is 13.5. The van der Waals surface area contributed by atoms with Crippen molar-refractivity contribution in [2.24, 2.45) is 0 Å². The Balaban J connectivity index is 4.01. The van der Waals surface area contributed by atoms with E-state index in [0.29, 0.717) is 26.1 Å². The van der Waals surface area contributed by atoms with Gasteiger partial charge in [-0.3, -0.25) is 9.59 Å². The summed E-state index contributed by atoms with van der Waals surface area (Å²) in [5.74, 6) is 0.0868. The summed E-state index contributed by atoms with van der Waals surface area (Å²) in [4.78, 5) is 25.4. The predicted molar refractivity (Wildman–Crippen MR) is 77.9 cm³/mol. The molecule has 5 heteroatoms. The molecule has 0 heterocycles. The van der Waals surface area contributed by atoms with Crippen molar-refractivity contribution in [2.75, 3.05) is 19.6 Å². The van der Waals surface area contributed by atoms with Crippen LogP contribution in [0.2, 0.25) is 0 Å². The molecule has 0 saturated heterocycles. The van der Waals surface area contributed by atoms with Gasteiger partial charge in [0, 0.05) is 31.6 Å². The molecule has 0 spiro atoms. The molecule has 0 saturated carbocycles. The Kier molecular flexibility index (Phi) is 7.68. The normalized spacial score (nSPS) is 12.9. The van der Waals surface area contributed by atoms with Gasteiger partial charge in [-0.2, -0.15) is 0 Å². The van der Waals surface area contributed by atoms with Crippen LogP contribution in [0.15, 0.2) is 0 Å². The molecule has 19 heavy (non-hydrogen) atoms. The van der Waals surface area contributed by atoms with Crippen LogP contribution in [0.5, 0.6) is 0 Å². The first-order valence-electron chi connectivity index (χ1n) is 7.04. The van der Waals surface area contributed by atoms with Crippen molar-refractivity contribution >= 4 is 11.8 Å². The maximum atomic E-state index is 12.0. The van der Waals surface area contributed by atoms with Gasteiger partial charge in [-0.1, -0.05) is 0 Å². The van der Waals surface area contributed by atoms with Crippen molar-refractivity contribution in [2.45, 2.75) is 59.5 Å². The van der Waals surface area contributed by atoms with E-state index in [-0.39, 0.29) is 23.4 Å². The number of amides is 2. The van der Waals surface area contributed by atoms with Crippen molar-refractivity contribution in [3.8, 4) is 0 Å². The van der Waals surface area contributed by atoms with Crippen LogP contribution in [0.1, 0.15) is 48.0 Å². The quantitative estimate of drug-likeness (QED) is 0.730. The highest BCUT2D eigenvalue weighted by Gasteiger charge is 2.18. The first-order valence-corrected chi connectivity index (χ1v) is 7.04. The topological polar surface area (TPSA) is 61.4 Å². The molecule has 0 bridgehead atoms. The van der Waals surface area contributed by atoms with E-state index in [0.717, 1.165) is 0 Å². The molecule has 0 fully saturated rings. The third-order valence-corrected chi connectivity index (χ3v) is 2.76. The molecule has 0 rings (SSSR count). The van der Waals surface area contributed by atoms with Crippen molar-refractivity contribution in [3.05, 3.63) is 0 Å². The summed E-state index contributed by atoms with van der Waals surface area (Å²) >= 11 is 0. The lowest BCUT2D eigenvalue weighted by molar-refractivity contribution is -0.133. The van der Waals surface area contributed by atoms with Crippen LogP contribution in [0.4, 0.5) is 0 Å². The number of hydrogen-bond acceptors (Lipinski definition) is 3. The monoisotopic (exact) mass is 271 g/mol. The van der Waals surface area contributed by atoms with Gasteiger partial charge in [0.2, 0.25) is 11.8 Å². The minimum atomic E-state index is -0.248. The maximum Gasteiger partial charge on any atom is 0.239 e. The van der Waals surface area contributed by atoms with Crippen molar-refractivity contribution in [1.82, 2.24) is 15.5 Å². The SMILES string of the molecule is CCN(CC)C(=O)C(C)NCCC(=O)NC(C)(C)C. The van der Waals surface area contributed by atoms with Crippen LogP contribution in [-0.2, 0) is 9.59 Å². The second-order valence-electron chi connectivity index (χ2n) is 5.73. The largest absolute Gasteiger partial charge is 0.351 e. The first kappa shape index (κ1) is 17.9. The number of likely N-dealkylation sites (N-methyl/N-ethyl adjacent to an activating group) is 1. The van der Waals surface area contributed by atoms with Crippen LogP contribution in [0.25, 0.3) is 0 Å². The van der Waals surface area contributed by atoms with E-state index in [1.807, 2.05) is 41.5 Å². The van der Waals surface area contributed by atoms with E-state index in [9.17, 15) is 9.59 Å². The number of carbonyl (C=O) groups excluding carboxylic acids is 2. The zero-order valence-electron chi connectivity index (χ0n) is 13.2. The molecule has 0 radical (unpaired) electrons. The van der Waals surface area contributed by atoms with Crippen LogP contribution in [-0.4, -0.2) is 47.9 Å². The third-order valence-electron chi connectivity index (χ3n) is 2.76. The summed E-state index contributed by atoms with van der Waals surface area (Å²) in [5.41, 5.74) is -0.209. The zero-order valence-corrected chi connectivity index (χ0v) is 13.2. The second-order valence-corrected chi connectivity index (χ2v) is 5.73. The summed E-state index contributed by atoms with van der Waals surface area (Å²) in [6, 6.07) is -0.248. The van der Waals surface area contributed by atoms with Gasteiger partial charge in [0.1, 0.15) is 0 Å². The lowest BCUT2D eigenvalue weighted by atomic mass is 10.1. The molecule has 0 aromatic carbocycles. The van der Waals surface area contributed by atoms with E-state index < -0.39 is 0 Å². The second kappa shape index (κ2) is 8.15. The molecular formula is C14H29N3O2. The molecule has 1 unspecified atom stereocenters. The Hall–Kier alpha value is -1.10. The van der Waals surface area contributed by atoms with E-state index in [1.54, 1.807) is 4.90 Å². The lowest BCUT2D eigenvalue weighted by Gasteiger charge is -2.24. The molecule has 0 aromatic rings. The number of carbonyl (C=O) groups is 2. The molecular weight excluding hydrogens is 242 g/mol. The molecule has 5 nitrogen and oxygen atoms in total. The van der Waals surface area contributed by atoms with Crippen LogP contribution < -0.4 is 10.6 Å². The first-order chi connectivity index (χ1) is 8.71. The highest BCUT2D eigenvalue weighted by Crippen LogP contribution is 1.99. The predicted octanol–water partition coefficient (Wildman–Crippen LogP) is 1.14. The Morgan fingerprint density at radius 1 is 1.16 bits per heavy atom. The molecule has 112 valence electrons. The average molecular weight is 271 g/mol. The smallest absolute Gasteiger partial charge is 0.239 e. The fraction of sp³-hybridized carbons (Fsp3) is 0.857. The van der Waals surface area contributed by atoms with Crippen LogP contribution >= 0.6 is 0 Å². The molecule has 2 N–H and O–H groups in total. The average Bonchev–Trinajstić information content (AvgIpc) is 2.27. The van der Waals surface area contributed by atoms with E-state index in [2.05, 4.69) is 10.6 Å². The minimum absolute atomic E-state index is 0.00230. The summed E-state index contributed by atoms with van der Waals surface area (Å²) < 4.78 is 0. The number of hydrogen-bond donors (Lipinski definition) is 2. The zero-order chi connectivity index (χ0) is 15.1. The standard InChI is InChI=1S/C14H29N3O2/c1-7-17(8-2)13(19)11(3)15-10-9-12(18)16-14(4,5)6/h11,15H,7-10H2,1-6H3,(H,16,18). The van der Waals surface area contributed by atoms with Crippen LogP contribution in [0.3, 0.4) is 0 Å². The van der Waals surface area contributed by atoms with E-state index in [4.69, 9.17) is 0 Å². The van der Waals surface area contributed by atoms with Gasteiger partial charge in [-0.05, 0) is 41.5 Å². The van der Waals surface area contributed by atoms with Gasteiger partial charge >= 0.3 is 0 Å². The Morgan fingerprint density at radius 2 is 1.68 bits per heavy atom. The summed E-state index contributed by atoms with van der Waals surface area (Å²) in [6.07, 6.45) is 0.382. The Labute approximate surface area is 117 Å². The molecule has 0 aliphatic heterocycles. The number of rotatable bonds is 7. The van der Waals surface area contributed by atoms with Crippen molar-refractivity contribution in [3.63, 3.8) is 0 Å². The molecule has 0 aliphatic rings. The fourth-order valence-corrected chi connectivity index (χ4v) is 1.78. The molecule has 0 aliphatic carbocycles. The highest BCUT2D eigenvalue weighted by atomic mass is 16.2. The van der Waals surface area contributed by atoms with Crippen molar-refractivity contribution in [1.29, 1.82) is 0 Å². The van der Waals surface area contributed by atoms with Gasteiger partial charge < -0.3 is 15.5 Å². The van der Waals surface area contributed by atoms with Gasteiger partial charge in [-0.15, -0.1) is 0 Å². The Morgan fingerprint density at radius 3 is 2.11 bits per heavy atom. The van der Waals surface area contributed by atoms with Gasteiger partial charge in [-0.25, -0.2) is 0 Å². The third kappa shape index (κ3) is 7.82. The van der Waals surface area contributed by atoms with E-state index >= 15 is 0 Å².